The van der Waals surface area contributed by atoms with Gasteiger partial charge in [-0.25, -0.2) is 4.39 Å². The maximum Gasteiger partial charge on any atom is 0.242 e. The highest BCUT2D eigenvalue weighted by molar-refractivity contribution is 7.80. The van der Waals surface area contributed by atoms with Gasteiger partial charge in [0.05, 0.1) is 5.56 Å². The van der Waals surface area contributed by atoms with E-state index >= 15 is 0 Å². The quantitative estimate of drug-likeness (QED) is 0.630. The lowest BCUT2D eigenvalue weighted by Crippen LogP contribution is -1.97. The van der Waals surface area contributed by atoms with Crippen LogP contribution in [-0.2, 0) is 0 Å². The first kappa shape index (κ1) is 8.12. The zero-order valence-corrected chi connectivity index (χ0v) is 7.25. The molecule has 0 spiro atoms. The molecule has 0 unspecified atom stereocenters. The van der Waals surface area contributed by atoms with Crippen molar-refractivity contribution in [1.29, 1.82) is 0 Å². The van der Waals surface area contributed by atoms with Crippen LogP contribution in [0.3, 0.4) is 0 Å². The van der Waals surface area contributed by atoms with Crippen LogP contribution in [0.5, 0.6) is 0 Å². The first-order valence-corrected chi connectivity index (χ1v) is 3.97. The minimum atomic E-state index is -0.370. The maximum absolute atomic E-state index is 13.1. The second-order valence-corrected chi connectivity index (χ2v) is 2.76. The Kier molecular flexibility index (Phi) is 1.94. The van der Waals surface area contributed by atoms with Crippen LogP contribution in [0.1, 0.15) is 5.56 Å². The fourth-order valence-corrected chi connectivity index (χ4v) is 1.11. The molecular weight excluding hydrogens is 189 g/mol. The summed E-state index contributed by atoms with van der Waals surface area (Å²) in [6.07, 6.45) is 0. The van der Waals surface area contributed by atoms with E-state index in [4.69, 9.17) is 0 Å². The summed E-state index contributed by atoms with van der Waals surface area (Å²) in [6, 6.07) is 6.23. The van der Waals surface area contributed by atoms with Crippen molar-refractivity contribution in [2.75, 3.05) is 0 Å². The normalized spacial score (nSPS) is 14.8. The molecular formula is C8H4FN3S. The Morgan fingerprint density at radius 2 is 1.92 bits per heavy atom. The lowest BCUT2D eigenvalue weighted by Gasteiger charge is -1.96. The summed E-state index contributed by atoms with van der Waals surface area (Å²) in [7, 11) is 0. The number of benzene rings is 1. The summed E-state index contributed by atoms with van der Waals surface area (Å²) in [5.41, 5.74) is 0.325. The molecule has 3 nitrogen and oxygen atoms in total. The highest BCUT2D eigenvalue weighted by Gasteiger charge is 2.13. The van der Waals surface area contributed by atoms with Crippen LogP contribution in [0.2, 0.25) is 0 Å². The zero-order valence-electron chi connectivity index (χ0n) is 6.44. The van der Waals surface area contributed by atoms with E-state index in [-0.39, 0.29) is 16.8 Å². The monoisotopic (exact) mass is 193 g/mol. The second kappa shape index (κ2) is 3.10. The van der Waals surface area contributed by atoms with E-state index in [9.17, 15) is 4.39 Å². The van der Waals surface area contributed by atoms with E-state index in [0.29, 0.717) is 5.56 Å². The summed E-state index contributed by atoms with van der Waals surface area (Å²) in [5, 5.41) is 7.30. The Balaban J connectivity index is 2.48. The van der Waals surface area contributed by atoms with Gasteiger partial charge in [-0.2, -0.15) is 4.99 Å². The average molecular weight is 193 g/mol. The number of nitrogens with zero attached hydrogens (tertiary/aromatic N) is 3. The first-order chi connectivity index (χ1) is 6.27. The molecule has 2 rings (SSSR count). The van der Waals surface area contributed by atoms with Gasteiger partial charge in [0.2, 0.25) is 5.11 Å². The molecule has 64 valence electrons. The molecule has 13 heavy (non-hydrogen) atoms. The summed E-state index contributed by atoms with van der Waals surface area (Å²) >= 11 is 4.67. The summed E-state index contributed by atoms with van der Waals surface area (Å²) in [6.45, 7) is 0. The predicted octanol–water partition coefficient (Wildman–Crippen LogP) is 2.32. The number of azo groups is 1. The Bertz CT molecular complexity index is 425. The number of hydrogen-bond acceptors (Lipinski definition) is 2. The molecule has 0 fully saturated rings. The van der Waals surface area contributed by atoms with E-state index < -0.39 is 0 Å². The third-order valence-electron chi connectivity index (χ3n) is 1.55. The number of hydrogen-bond donors (Lipinski definition) is 0. The van der Waals surface area contributed by atoms with Crippen molar-refractivity contribution in [2.45, 2.75) is 0 Å². The van der Waals surface area contributed by atoms with Crippen LogP contribution < -0.4 is 0 Å². The van der Waals surface area contributed by atoms with Gasteiger partial charge in [-0.05, 0) is 24.4 Å². The minimum Gasteiger partial charge on any atom is -0.206 e. The molecule has 0 radical (unpaired) electrons. The molecule has 0 bridgehead atoms. The lowest BCUT2D eigenvalue weighted by atomic mass is 10.2. The fourth-order valence-electron chi connectivity index (χ4n) is 0.982. The number of thiocarbonyl (C=S) groups is 1. The van der Waals surface area contributed by atoms with E-state index in [1.807, 2.05) is 0 Å². The van der Waals surface area contributed by atoms with Crippen molar-refractivity contribution >= 4 is 23.2 Å². The lowest BCUT2D eigenvalue weighted by molar-refractivity contribution is 0.625. The van der Waals surface area contributed by atoms with Gasteiger partial charge in [0.15, 0.2) is 5.84 Å². The topological polar surface area (TPSA) is 37.1 Å². The van der Waals surface area contributed by atoms with Gasteiger partial charge in [-0.15, -0.1) is 10.2 Å². The standard InChI is InChI=1S/C8H4FN3S/c9-6-4-2-1-3-5(6)7-10-8(13)12-11-7/h1-4H. The smallest absolute Gasteiger partial charge is 0.206 e. The Morgan fingerprint density at radius 3 is 2.54 bits per heavy atom. The van der Waals surface area contributed by atoms with Gasteiger partial charge in [0, 0.05) is 0 Å². The van der Waals surface area contributed by atoms with Crippen LogP contribution in [0.25, 0.3) is 0 Å². The van der Waals surface area contributed by atoms with Crippen molar-refractivity contribution in [3.63, 3.8) is 0 Å². The fraction of sp³-hybridized carbons (Fsp3) is 0. The molecule has 0 N–H and O–H groups in total. The third kappa shape index (κ3) is 1.50. The molecule has 0 atom stereocenters. The van der Waals surface area contributed by atoms with E-state index in [1.165, 1.54) is 6.07 Å². The molecule has 1 aromatic carbocycles. The van der Waals surface area contributed by atoms with Gasteiger partial charge in [0.1, 0.15) is 5.82 Å². The third-order valence-corrected chi connectivity index (χ3v) is 1.72. The highest BCUT2D eigenvalue weighted by Crippen LogP contribution is 2.12. The van der Waals surface area contributed by atoms with Crippen LogP contribution in [0, 0.1) is 5.82 Å². The zero-order chi connectivity index (χ0) is 9.26. The molecule has 5 heteroatoms. The van der Waals surface area contributed by atoms with Crippen LogP contribution in [-0.4, -0.2) is 10.9 Å². The predicted molar refractivity (Wildman–Crippen MR) is 50.4 cm³/mol. The van der Waals surface area contributed by atoms with Gasteiger partial charge in [0.25, 0.3) is 0 Å². The Labute approximate surface area is 79.0 Å². The first-order valence-electron chi connectivity index (χ1n) is 3.56. The van der Waals surface area contributed by atoms with E-state index in [2.05, 4.69) is 27.4 Å². The molecule has 0 saturated carbocycles. The number of amidine groups is 1. The maximum atomic E-state index is 13.1. The van der Waals surface area contributed by atoms with Gasteiger partial charge in [-0.3, -0.25) is 0 Å². The summed E-state index contributed by atoms with van der Waals surface area (Å²) < 4.78 is 13.1. The molecule has 0 saturated heterocycles. The largest absolute Gasteiger partial charge is 0.242 e. The van der Waals surface area contributed by atoms with Gasteiger partial charge >= 0.3 is 0 Å². The number of halogens is 1. The molecule has 0 aliphatic carbocycles. The van der Waals surface area contributed by atoms with Crippen molar-refractivity contribution < 1.29 is 4.39 Å². The second-order valence-electron chi connectivity index (χ2n) is 2.40. The number of rotatable bonds is 1. The highest BCUT2D eigenvalue weighted by atomic mass is 32.1. The SMILES string of the molecule is Fc1ccccc1C1=NC(=S)N=N1. The van der Waals surface area contributed by atoms with Crippen LogP contribution in [0.4, 0.5) is 4.39 Å². The molecule has 1 heterocycles. The molecule has 0 amide bonds. The van der Waals surface area contributed by atoms with E-state index in [0.717, 1.165) is 0 Å². The van der Waals surface area contributed by atoms with Gasteiger partial charge in [-0.1, -0.05) is 12.1 Å². The van der Waals surface area contributed by atoms with Crippen LogP contribution >= 0.6 is 12.2 Å². The van der Waals surface area contributed by atoms with Crippen molar-refractivity contribution in [3.8, 4) is 0 Å². The van der Waals surface area contributed by atoms with Gasteiger partial charge < -0.3 is 0 Å². The van der Waals surface area contributed by atoms with Crippen LogP contribution in [0.15, 0.2) is 39.5 Å². The van der Waals surface area contributed by atoms with Crippen molar-refractivity contribution in [1.82, 2.24) is 0 Å². The molecule has 1 aliphatic rings. The molecule has 1 aliphatic heterocycles. The minimum absolute atomic E-state index is 0.137. The van der Waals surface area contributed by atoms with E-state index in [1.54, 1.807) is 18.2 Å². The number of aliphatic imine (C=N–C) groups is 1. The summed E-state index contributed by atoms with van der Waals surface area (Å²) in [5.74, 6) is -0.131. The Morgan fingerprint density at radius 1 is 1.15 bits per heavy atom. The average Bonchev–Trinajstić information content (AvgIpc) is 2.53. The molecule has 0 aromatic heterocycles. The van der Waals surface area contributed by atoms with Crippen molar-refractivity contribution in [2.24, 2.45) is 15.2 Å². The summed E-state index contributed by atoms with van der Waals surface area (Å²) in [4.78, 5) is 3.79. The van der Waals surface area contributed by atoms with Crippen molar-refractivity contribution in [3.05, 3.63) is 35.6 Å². The Hall–Kier alpha value is -1.49. The molecule has 1 aromatic rings.